The molecule has 0 aliphatic heterocycles. The van der Waals surface area contributed by atoms with Crippen LogP contribution in [-0.4, -0.2) is 24.1 Å². The lowest BCUT2D eigenvalue weighted by Crippen LogP contribution is -2.07. The van der Waals surface area contributed by atoms with Crippen molar-refractivity contribution in [1.29, 1.82) is 0 Å². The van der Waals surface area contributed by atoms with Crippen molar-refractivity contribution < 1.29 is 0 Å². The van der Waals surface area contributed by atoms with Crippen molar-refractivity contribution in [2.24, 2.45) is 0 Å². The third-order valence-corrected chi connectivity index (χ3v) is 3.77. The Morgan fingerprint density at radius 1 is 1.05 bits per heavy atom. The molecular formula is C15H14IN3. The van der Waals surface area contributed by atoms with E-state index in [1.165, 1.54) is 9.26 Å². The maximum absolute atomic E-state index is 4.63. The number of aromatic amines is 1. The molecule has 0 bridgehead atoms. The number of nitrogens with zero attached hydrogens (tertiary/aromatic N) is 2. The highest BCUT2D eigenvalue weighted by atomic mass is 127. The quantitative estimate of drug-likeness (QED) is 0.701. The van der Waals surface area contributed by atoms with Crippen LogP contribution in [0, 0.1) is 3.57 Å². The molecule has 0 saturated heterocycles. The van der Waals surface area contributed by atoms with Gasteiger partial charge in [-0.2, -0.15) is 0 Å². The molecule has 1 heterocycles. The van der Waals surface area contributed by atoms with E-state index in [-0.39, 0.29) is 0 Å². The highest BCUT2D eigenvalue weighted by Gasteiger charge is 2.05. The number of benzene rings is 2. The van der Waals surface area contributed by atoms with Crippen LogP contribution in [0.3, 0.4) is 0 Å². The van der Waals surface area contributed by atoms with E-state index in [0.29, 0.717) is 0 Å². The molecule has 2 aromatic carbocycles. The molecular weight excluding hydrogens is 349 g/mol. The Morgan fingerprint density at radius 3 is 2.47 bits per heavy atom. The van der Waals surface area contributed by atoms with Crippen molar-refractivity contribution in [3.63, 3.8) is 0 Å². The molecule has 1 aromatic heterocycles. The number of fused-ring (bicyclic) bond motifs is 1. The number of halogens is 1. The number of anilines is 1. The van der Waals surface area contributed by atoms with Crippen molar-refractivity contribution in [3.05, 3.63) is 46.0 Å². The van der Waals surface area contributed by atoms with Crippen LogP contribution in [0.2, 0.25) is 0 Å². The monoisotopic (exact) mass is 363 g/mol. The van der Waals surface area contributed by atoms with Gasteiger partial charge in [0.05, 0.1) is 11.0 Å². The zero-order chi connectivity index (χ0) is 13.4. The highest BCUT2D eigenvalue weighted by molar-refractivity contribution is 14.1. The van der Waals surface area contributed by atoms with Gasteiger partial charge < -0.3 is 9.88 Å². The SMILES string of the molecule is CN(C)c1ccc(-c2nc3ccc(I)cc3[nH]2)cc1. The Morgan fingerprint density at radius 2 is 1.79 bits per heavy atom. The molecule has 0 aliphatic carbocycles. The highest BCUT2D eigenvalue weighted by Crippen LogP contribution is 2.23. The van der Waals surface area contributed by atoms with Crippen molar-refractivity contribution in [1.82, 2.24) is 9.97 Å². The van der Waals surface area contributed by atoms with E-state index in [1.54, 1.807) is 0 Å². The van der Waals surface area contributed by atoms with Gasteiger partial charge in [0.25, 0.3) is 0 Å². The van der Waals surface area contributed by atoms with Crippen LogP contribution < -0.4 is 4.90 Å². The molecule has 3 rings (SSSR count). The van der Waals surface area contributed by atoms with Gasteiger partial charge in [0, 0.05) is 28.9 Å². The zero-order valence-electron chi connectivity index (χ0n) is 10.8. The largest absolute Gasteiger partial charge is 0.378 e. The lowest BCUT2D eigenvalue weighted by Gasteiger charge is -2.11. The summed E-state index contributed by atoms with van der Waals surface area (Å²) in [5.41, 5.74) is 4.39. The fourth-order valence-electron chi connectivity index (χ4n) is 2.04. The van der Waals surface area contributed by atoms with Crippen LogP contribution in [0.15, 0.2) is 42.5 Å². The minimum atomic E-state index is 0.919. The molecule has 0 spiro atoms. The Kier molecular flexibility index (Phi) is 3.18. The first-order valence-corrected chi connectivity index (χ1v) is 7.14. The second kappa shape index (κ2) is 4.85. The summed E-state index contributed by atoms with van der Waals surface area (Å²) < 4.78 is 1.21. The molecule has 0 unspecified atom stereocenters. The minimum absolute atomic E-state index is 0.919. The van der Waals surface area contributed by atoms with Crippen LogP contribution >= 0.6 is 22.6 Å². The first-order chi connectivity index (χ1) is 9.13. The molecule has 0 amide bonds. The van der Waals surface area contributed by atoms with E-state index in [1.807, 2.05) is 20.2 Å². The van der Waals surface area contributed by atoms with Crippen LogP contribution in [0.4, 0.5) is 5.69 Å². The molecule has 1 N–H and O–H groups in total. The van der Waals surface area contributed by atoms with Crippen molar-refractivity contribution in [2.45, 2.75) is 0 Å². The molecule has 0 atom stereocenters. The van der Waals surface area contributed by atoms with Crippen LogP contribution in [-0.2, 0) is 0 Å². The Hall–Kier alpha value is -1.56. The first-order valence-electron chi connectivity index (χ1n) is 6.06. The van der Waals surface area contributed by atoms with Crippen LogP contribution in [0.1, 0.15) is 0 Å². The van der Waals surface area contributed by atoms with Crippen molar-refractivity contribution in [3.8, 4) is 11.4 Å². The van der Waals surface area contributed by atoms with E-state index in [2.05, 4.69) is 73.9 Å². The second-order valence-corrected chi connectivity index (χ2v) is 5.93. The first kappa shape index (κ1) is 12.5. The summed E-state index contributed by atoms with van der Waals surface area (Å²) >= 11 is 2.31. The van der Waals surface area contributed by atoms with E-state index in [4.69, 9.17) is 0 Å². The van der Waals surface area contributed by atoms with E-state index in [9.17, 15) is 0 Å². The maximum atomic E-state index is 4.63. The lowest BCUT2D eigenvalue weighted by atomic mass is 10.2. The van der Waals surface area contributed by atoms with E-state index in [0.717, 1.165) is 22.4 Å². The Labute approximate surface area is 125 Å². The molecule has 96 valence electrons. The average Bonchev–Trinajstić information content (AvgIpc) is 2.81. The average molecular weight is 363 g/mol. The molecule has 3 aromatic rings. The molecule has 3 nitrogen and oxygen atoms in total. The van der Waals surface area contributed by atoms with Gasteiger partial charge in [-0.15, -0.1) is 0 Å². The number of hydrogen-bond donors (Lipinski definition) is 1. The Balaban J connectivity index is 2.03. The predicted molar refractivity (Wildman–Crippen MR) is 88.6 cm³/mol. The second-order valence-electron chi connectivity index (χ2n) is 4.69. The van der Waals surface area contributed by atoms with Crippen LogP contribution in [0.5, 0.6) is 0 Å². The van der Waals surface area contributed by atoms with E-state index >= 15 is 0 Å². The summed E-state index contributed by atoms with van der Waals surface area (Å²) in [6.45, 7) is 0. The van der Waals surface area contributed by atoms with Crippen molar-refractivity contribution in [2.75, 3.05) is 19.0 Å². The molecule has 4 heteroatoms. The number of H-pyrrole nitrogens is 1. The predicted octanol–water partition coefficient (Wildman–Crippen LogP) is 3.90. The number of aromatic nitrogens is 2. The van der Waals surface area contributed by atoms with Gasteiger partial charge in [0.2, 0.25) is 0 Å². The smallest absolute Gasteiger partial charge is 0.138 e. The maximum Gasteiger partial charge on any atom is 0.138 e. The van der Waals surface area contributed by atoms with Gasteiger partial charge in [0.15, 0.2) is 0 Å². The van der Waals surface area contributed by atoms with Gasteiger partial charge in [-0.1, -0.05) is 0 Å². The molecule has 19 heavy (non-hydrogen) atoms. The van der Waals surface area contributed by atoms with Crippen LogP contribution in [0.25, 0.3) is 22.4 Å². The summed E-state index contributed by atoms with van der Waals surface area (Å²) in [7, 11) is 4.08. The molecule has 0 radical (unpaired) electrons. The molecule has 0 saturated carbocycles. The van der Waals surface area contributed by atoms with E-state index < -0.39 is 0 Å². The third-order valence-electron chi connectivity index (χ3n) is 3.10. The summed E-state index contributed by atoms with van der Waals surface area (Å²) in [6, 6.07) is 14.6. The number of nitrogens with one attached hydrogen (secondary N) is 1. The topological polar surface area (TPSA) is 31.9 Å². The number of hydrogen-bond acceptors (Lipinski definition) is 2. The van der Waals surface area contributed by atoms with Gasteiger partial charge >= 0.3 is 0 Å². The van der Waals surface area contributed by atoms with Gasteiger partial charge in [0.1, 0.15) is 5.82 Å². The summed E-state index contributed by atoms with van der Waals surface area (Å²) in [4.78, 5) is 10.1. The van der Waals surface area contributed by atoms with Gasteiger partial charge in [-0.3, -0.25) is 0 Å². The zero-order valence-corrected chi connectivity index (χ0v) is 13.0. The normalized spacial score (nSPS) is 10.9. The molecule has 0 aliphatic rings. The van der Waals surface area contributed by atoms with Gasteiger partial charge in [-0.25, -0.2) is 4.98 Å². The summed E-state index contributed by atoms with van der Waals surface area (Å²) in [5.74, 6) is 0.919. The molecule has 0 fully saturated rings. The fourth-order valence-corrected chi connectivity index (χ4v) is 2.53. The number of rotatable bonds is 2. The minimum Gasteiger partial charge on any atom is -0.378 e. The van der Waals surface area contributed by atoms with Gasteiger partial charge in [-0.05, 0) is 65.1 Å². The van der Waals surface area contributed by atoms with Crippen molar-refractivity contribution >= 4 is 39.3 Å². The standard InChI is InChI=1S/C15H14IN3/c1-19(2)12-6-3-10(4-7-12)15-17-13-8-5-11(16)9-14(13)18-15/h3-9H,1-2H3,(H,17,18). The summed E-state index contributed by atoms with van der Waals surface area (Å²) in [6.07, 6.45) is 0. The Bertz CT molecular complexity index is 714. The third kappa shape index (κ3) is 2.45. The fraction of sp³-hybridized carbons (Fsp3) is 0.133. The lowest BCUT2D eigenvalue weighted by molar-refractivity contribution is 1.13. The summed E-state index contributed by atoms with van der Waals surface area (Å²) in [5, 5.41) is 0. The number of imidazole rings is 1.